The van der Waals surface area contributed by atoms with Gasteiger partial charge in [0.15, 0.2) is 12.2 Å². The average molecular weight is 1420 g/mol. The van der Waals surface area contributed by atoms with Crippen molar-refractivity contribution in [2.45, 2.75) is 414 Å². The Hall–Kier alpha value is -1.94. The van der Waals surface area contributed by atoms with Gasteiger partial charge in [0.2, 0.25) is 0 Å². The number of carbonyl (C=O) groups is 4. The molecule has 0 aromatic heterocycles. The first kappa shape index (κ1) is 95.1. The first-order valence-corrected chi connectivity index (χ1v) is 43.2. The van der Waals surface area contributed by atoms with Gasteiger partial charge < -0.3 is 33.8 Å². The van der Waals surface area contributed by atoms with E-state index in [1.54, 1.807) is 0 Å². The second kappa shape index (κ2) is 67.2. The fraction of sp³-hybridized carbons (Fsp3) is 0.949. The van der Waals surface area contributed by atoms with Crippen molar-refractivity contribution in [1.29, 1.82) is 0 Å². The molecule has 0 saturated heterocycles. The van der Waals surface area contributed by atoms with Crippen molar-refractivity contribution in [3.63, 3.8) is 0 Å². The van der Waals surface area contributed by atoms with Crippen LogP contribution in [0.4, 0.5) is 0 Å². The Kier molecular flexibility index (Phi) is 65.9. The monoisotopic (exact) mass is 1420 g/mol. The molecule has 19 heteroatoms. The second-order valence-corrected chi connectivity index (χ2v) is 32.9. The largest absolute Gasteiger partial charge is 0.472 e. The highest BCUT2D eigenvalue weighted by Gasteiger charge is 2.30. The average Bonchev–Trinajstić information content (AvgIpc) is 1.55. The number of aliphatic hydroxyl groups is 1. The second-order valence-electron chi connectivity index (χ2n) is 30.0. The van der Waals surface area contributed by atoms with Crippen LogP contribution < -0.4 is 0 Å². The zero-order valence-corrected chi connectivity index (χ0v) is 65.5. The first-order chi connectivity index (χ1) is 46.6. The molecule has 3 N–H and O–H groups in total. The summed E-state index contributed by atoms with van der Waals surface area (Å²) in [7, 11) is -9.92. The molecule has 0 spiro atoms. The summed E-state index contributed by atoms with van der Waals surface area (Å²) in [6, 6.07) is 0. The van der Waals surface area contributed by atoms with Crippen molar-refractivity contribution in [2.75, 3.05) is 39.6 Å². The van der Waals surface area contributed by atoms with E-state index in [1.807, 2.05) is 0 Å². The van der Waals surface area contributed by atoms with E-state index < -0.39 is 97.5 Å². The predicted octanol–water partition coefficient (Wildman–Crippen LogP) is 22.8. The maximum atomic E-state index is 13.1. The molecule has 0 aromatic carbocycles. The molecule has 0 rings (SSSR count). The normalized spacial score (nSPS) is 14.1. The molecule has 0 aromatic rings. The van der Waals surface area contributed by atoms with Crippen LogP contribution in [-0.4, -0.2) is 96.7 Å². The summed E-state index contributed by atoms with van der Waals surface area (Å²) in [4.78, 5) is 72.9. The fourth-order valence-electron chi connectivity index (χ4n) is 11.9. The van der Waals surface area contributed by atoms with Crippen LogP contribution in [0, 0.1) is 23.7 Å². The van der Waals surface area contributed by atoms with Gasteiger partial charge in [-0.2, -0.15) is 0 Å². The van der Waals surface area contributed by atoms with Crippen molar-refractivity contribution in [1.82, 2.24) is 0 Å². The Morgan fingerprint density at radius 1 is 0.258 bits per heavy atom. The van der Waals surface area contributed by atoms with Crippen molar-refractivity contribution in [3.8, 4) is 0 Å². The quantitative estimate of drug-likeness (QED) is 0.0222. The molecule has 0 amide bonds. The summed E-state index contributed by atoms with van der Waals surface area (Å²) in [5, 5.41) is 10.6. The number of hydrogen-bond acceptors (Lipinski definition) is 15. The SMILES string of the molecule is CC(C)CCCCCCCCCCCCCCCCCCC(=O)O[C@H](COC(=O)CCCCCCCCCC(C)C)COP(=O)(O)OCC(O)COP(=O)(O)OC[C@@H](COC(=O)CCCCCCCCCCCCC(C)C)OC(=O)CCCCCCCCCCCCCCC(C)C. The third kappa shape index (κ3) is 72.2. The molecular weight excluding hydrogens is 1270 g/mol. The van der Waals surface area contributed by atoms with Gasteiger partial charge in [-0.3, -0.25) is 37.3 Å². The lowest BCUT2D eigenvalue weighted by Gasteiger charge is -2.21. The van der Waals surface area contributed by atoms with E-state index in [1.165, 1.54) is 193 Å². The minimum Gasteiger partial charge on any atom is -0.462 e. The Morgan fingerprint density at radius 2 is 0.433 bits per heavy atom. The smallest absolute Gasteiger partial charge is 0.462 e. The van der Waals surface area contributed by atoms with Gasteiger partial charge in [0, 0.05) is 25.7 Å². The van der Waals surface area contributed by atoms with Gasteiger partial charge in [-0.05, 0) is 49.4 Å². The number of unbranched alkanes of at least 4 members (excludes halogenated alkanes) is 41. The summed E-state index contributed by atoms with van der Waals surface area (Å²) < 4.78 is 68.6. The van der Waals surface area contributed by atoms with Crippen LogP contribution in [0.5, 0.6) is 0 Å². The van der Waals surface area contributed by atoms with Crippen molar-refractivity contribution in [2.24, 2.45) is 23.7 Å². The van der Waals surface area contributed by atoms with Gasteiger partial charge in [0.1, 0.15) is 19.3 Å². The maximum Gasteiger partial charge on any atom is 0.472 e. The lowest BCUT2D eigenvalue weighted by molar-refractivity contribution is -0.161. The summed E-state index contributed by atoms with van der Waals surface area (Å²) >= 11 is 0. The Balaban J connectivity index is 5.23. The van der Waals surface area contributed by atoms with Crippen LogP contribution in [0.3, 0.4) is 0 Å². The number of carbonyl (C=O) groups excluding carboxylic acids is 4. The fourth-order valence-corrected chi connectivity index (χ4v) is 13.5. The van der Waals surface area contributed by atoms with Crippen LogP contribution in [0.1, 0.15) is 396 Å². The molecule has 0 aliphatic rings. The molecule has 5 atom stereocenters. The minimum atomic E-state index is -4.96. The highest BCUT2D eigenvalue weighted by molar-refractivity contribution is 7.47. The van der Waals surface area contributed by atoms with E-state index in [9.17, 15) is 43.2 Å². The lowest BCUT2D eigenvalue weighted by Crippen LogP contribution is -2.30. The van der Waals surface area contributed by atoms with Gasteiger partial charge in [0.25, 0.3) is 0 Å². The van der Waals surface area contributed by atoms with E-state index in [2.05, 4.69) is 55.4 Å². The summed E-state index contributed by atoms with van der Waals surface area (Å²) in [6.07, 6.45) is 52.8. The van der Waals surface area contributed by atoms with Crippen LogP contribution in [0.15, 0.2) is 0 Å². The molecule has 0 radical (unpaired) electrons. The highest BCUT2D eigenvalue weighted by Crippen LogP contribution is 2.45. The van der Waals surface area contributed by atoms with E-state index in [0.717, 1.165) is 114 Å². The summed E-state index contributed by atoms with van der Waals surface area (Å²) in [5.41, 5.74) is 0. The van der Waals surface area contributed by atoms with E-state index in [4.69, 9.17) is 37.0 Å². The molecule has 0 bridgehead atoms. The van der Waals surface area contributed by atoms with Gasteiger partial charge in [-0.15, -0.1) is 0 Å². The van der Waals surface area contributed by atoms with Crippen molar-refractivity contribution in [3.05, 3.63) is 0 Å². The number of esters is 4. The molecule has 0 aliphatic heterocycles. The molecule has 576 valence electrons. The number of hydrogen-bond donors (Lipinski definition) is 3. The Bertz CT molecular complexity index is 1900. The van der Waals surface area contributed by atoms with E-state index >= 15 is 0 Å². The van der Waals surface area contributed by atoms with Crippen molar-refractivity contribution < 1.29 is 80.2 Å². The molecule has 0 fully saturated rings. The molecule has 0 heterocycles. The standard InChI is InChI=1S/C78H152O17P2/c1-68(2)54-46-38-30-23-17-13-11-9-10-12-14-19-27-35-44-52-60-77(82)95-74(65-89-76(81)59-51-43-37-29-33-41-49-57-71(7)8)67-93-97(86,87)91-63-72(79)62-90-96(84,85)92-66-73(64-88-75(80)58-50-42-34-26-22-21-25-32-40-48-56-70(5)6)94-78(83)61-53-45-36-28-20-16-15-18-24-31-39-47-55-69(3)4/h68-74,79H,9-67H2,1-8H3,(H,84,85)(H,86,87)/t72?,73-,74-/m1/s1. The zero-order valence-electron chi connectivity index (χ0n) is 63.7. The van der Waals surface area contributed by atoms with Crippen molar-refractivity contribution >= 4 is 39.5 Å². The zero-order chi connectivity index (χ0) is 71.7. The van der Waals surface area contributed by atoms with Crippen LogP contribution in [-0.2, 0) is 65.4 Å². The molecular formula is C78H152O17P2. The third-order valence-corrected chi connectivity index (χ3v) is 20.0. The minimum absolute atomic E-state index is 0.106. The van der Waals surface area contributed by atoms with Crippen LogP contribution in [0.2, 0.25) is 0 Å². The van der Waals surface area contributed by atoms with Crippen LogP contribution >= 0.6 is 15.6 Å². The lowest BCUT2D eigenvalue weighted by atomic mass is 10.0. The van der Waals surface area contributed by atoms with Gasteiger partial charge in [-0.25, -0.2) is 9.13 Å². The maximum absolute atomic E-state index is 13.1. The molecule has 3 unspecified atom stereocenters. The number of phosphoric acid groups is 2. The molecule has 17 nitrogen and oxygen atoms in total. The van der Waals surface area contributed by atoms with Gasteiger partial charge in [-0.1, -0.05) is 344 Å². The number of ether oxygens (including phenoxy) is 4. The predicted molar refractivity (Wildman–Crippen MR) is 395 cm³/mol. The Morgan fingerprint density at radius 3 is 0.639 bits per heavy atom. The number of aliphatic hydroxyl groups excluding tert-OH is 1. The Labute approximate surface area is 594 Å². The van der Waals surface area contributed by atoms with Crippen LogP contribution in [0.25, 0.3) is 0 Å². The highest BCUT2D eigenvalue weighted by atomic mass is 31.2. The van der Waals surface area contributed by atoms with E-state index in [0.29, 0.717) is 31.6 Å². The van der Waals surface area contributed by atoms with Gasteiger partial charge >= 0.3 is 39.5 Å². The van der Waals surface area contributed by atoms with Gasteiger partial charge in [0.05, 0.1) is 26.4 Å². The third-order valence-electron chi connectivity index (χ3n) is 18.1. The summed E-state index contributed by atoms with van der Waals surface area (Å²) in [6.45, 7) is 14.2. The molecule has 0 aliphatic carbocycles. The molecule has 97 heavy (non-hydrogen) atoms. The summed E-state index contributed by atoms with van der Waals surface area (Å²) in [5.74, 6) is 0.931. The molecule has 0 saturated carbocycles. The van der Waals surface area contributed by atoms with E-state index in [-0.39, 0.29) is 25.7 Å². The first-order valence-electron chi connectivity index (χ1n) is 40.2. The topological polar surface area (TPSA) is 237 Å². The number of rotatable bonds is 75. The number of phosphoric ester groups is 2.